The molecule has 3 rings (SSSR count). The minimum absolute atomic E-state index is 0.0110. The highest BCUT2D eigenvalue weighted by Crippen LogP contribution is 2.35. The summed E-state index contributed by atoms with van der Waals surface area (Å²) in [6.45, 7) is 3.03. The van der Waals surface area contributed by atoms with Gasteiger partial charge in [-0.1, -0.05) is 109 Å². The van der Waals surface area contributed by atoms with Crippen LogP contribution >= 0.6 is 8.60 Å². The number of hydrogen-bond donors (Lipinski definition) is 2. The molecule has 3 heterocycles. The minimum Gasteiger partial charge on any atom is -0.382 e. The Bertz CT molecular complexity index is 1530. The van der Waals surface area contributed by atoms with Crippen LogP contribution in [0.1, 0.15) is 133 Å². The smallest absolute Gasteiger partial charge is 0.330 e. The molecule has 13 nitrogen and oxygen atoms in total. The van der Waals surface area contributed by atoms with Crippen molar-refractivity contribution >= 4 is 19.9 Å². The average Bonchev–Trinajstić information content (AvgIpc) is 3.62. The first-order chi connectivity index (χ1) is 26.4. The van der Waals surface area contributed by atoms with Crippen LogP contribution in [0.5, 0.6) is 0 Å². The number of fused-ring (bicyclic) bond motifs is 1. The highest BCUT2D eigenvalue weighted by Gasteiger charge is 2.32. The van der Waals surface area contributed by atoms with E-state index >= 15 is 0 Å². The molecule has 0 saturated carbocycles. The van der Waals surface area contributed by atoms with Crippen LogP contribution in [0.3, 0.4) is 0 Å². The molecule has 298 valence electrons. The van der Waals surface area contributed by atoms with Gasteiger partial charge in [0, 0.05) is 19.4 Å². The molecule has 3 N–H and O–H groups in total. The summed E-state index contributed by atoms with van der Waals surface area (Å²) in [7, 11) is -0.928. The molecule has 0 aliphatic rings. The maximum atomic E-state index is 10.6. The van der Waals surface area contributed by atoms with Gasteiger partial charge in [0.05, 0.1) is 32.1 Å². The van der Waals surface area contributed by atoms with Crippen molar-refractivity contribution in [2.24, 2.45) is 0 Å². The number of methoxy groups -OCH3 is 1. The zero-order valence-electron chi connectivity index (χ0n) is 32.5. The molecular formula is C40H62N7O6P. The van der Waals surface area contributed by atoms with Gasteiger partial charge in [-0.2, -0.15) is 15.6 Å². The topological polar surface area (TPSA) is 183 Å². The maximum Gasteiger partial charge on any atom is 0.330 e. The molecule has 0 aliphatic heterocycles. The number of rotatable bonds is 32. The highest BCUT2D eigenvalue weighted by molar-refractivity contribution is 7.40. The van der Waals surface area contributed by atoms with E-state index in [2.05, 4.69) is 28.1 Å². The first-order valence-corrected chi connectivity index (χ1v) is 20.9. The largest absolute Gasteiger partial charge is 0.382 e. The molecule has 3 aromatic heterocycles. The number of ether oxygens (including phenoxy) is 3. The van der Waals surface area contributed by atoms with Crippen LogP contribution in [0.4, 0.5) is 5.82 Å². The van der Waals surface area contributed by atoms with Crippen molar-refractivity contribution in [3.05, 3.63) is 53.7 Å². The van der Waals surface area contributed by atoms with E-state index in [-0.39, 0.29) is 32.8 Å². The number of pyridine rings is 1. The van der Waals surface area contributed by atoms with Crippen molar-refractivity contribution in [2.75, 3.05) is 39.3 Å². The first-order valence-electron chi connectivity index (χ1n) is 19.8. The van der Waals surface area contributed by atoms with E-state index in [9.17, 15) is 15.4 Å². The molecule has 0 saturated heterocycles. The van der Waals surface area contributed by atoms with Gasteiger partial charge in [-0.15, -0.1) is 0 Å². The van der Waals surface area contributed by atoms with Crippen LogP contribution in [-0.2, 0) is 36.3 Å². The number of nitriles is 2. The van der Waals surface area contributed by atoms with Gasteiger partial charge in [0.1, 0.15) is 35.8 Å². The molecule has 14 heteroatoms. The summed E-state index contributed by atoms with van der Waals surface area (Å²) < 4.78 is 30.5. The number of aromatic nitrogens is 4. The number of hydrogen-bond acceptors (Lipinski definition) is 12. The van der Waals surface area contributed by atoms with Crippen LogP contribution in [0.2, 0.25) is 0 Å². The van der Waals surface area contributed by atoms with Gasteiger partial charge in [-0.3, -0.25) is 0 Å². The molecule has 3 atom stereocenters. The lowest BCUT2D eigenvalue weighted by Gasteiger charge is -2.26. The van der Waals surface area contributed by atoms with Gasteiger partial charge in [0.2, 0.25) is 0 Å². The Balaban J connectivity index is 1.35. The summed E-state index contributed by atoms with van der Waals surface area (Å²) in [5.74, 6) is 0.362. The van der Waals surface area contributed by atoms with Gasteiger partial charge in [0.25, 0.3) is 0 Å². The fourth-order valence-electron chi connectivity index (χ4n) is 6.17. The molecule has 3 unspecified atom stereocenters. The van der Waals surface area contributed by atoms with Crippen molar-refractivity contribution in [1.29, 1.82) is 10.5 Å². The van der Waals surface area contributed by atoms with Crippen LogP contribution in [0.15, 0.2) is 36.7 Å². The van der Waals surface area contributed by atoms with E-state index in [0.29, 0.717) is 35.8 Å². The van der Waals surface area contributed by atoms with Crippen LogP contribution in [0.25, 0.3) is 5.52 Å². The Morgan fingerprint density at radius 2 is 1.56 bits per heavy atom. The molecule has 0 spiro atoms. The molecule has 0 fully saturated rings. The summed E-state index contributed by atoms with van der Waals surface area (Å²) in [6.07, 6.45) is 22.5. The Morgan fingerprint density at radius 1 is 0.889 bits per heavy atom. The second-order valence-electron chi connectivity index (χ2n) is 13.8. The maximum absolute atomic E-state index is 10.6. The number of nitrogens with zero attached hydrogens (tertiary/aromatic N) is 6. The zero-order valence-corrected chi connectivity index (χ0v) is 33.4. The number of anilines is 1. The Kier molecular flexibility index (Phi) is 22.9. The second-order valence-corrected chi connectivity index (χ2v) is 14.8. The van der Waals surface area contributed by atoms with Crippen molar-refractivity contribution in [1.82, 2.24) is 19.6 Å². The van der Waals surface area contributed by atoms with E-state index in [1.54, 1.807) is 22.7 Å². The van der Waals surface area contributed by atoms with Crippen LogP contribution in [0, 0.1) is 22.7 Å². The molecule has 0 bridgehead atoms. The fraction of sp³-hybridized carbons (Fsp3) is 0.675. The number of aryl methyl sites for hydroxylation is 1. The summed E-state index contributed by atoms with van der Waals surface area (Å²) in [4.78, 5) is 18.9. The lowest BCUT2D eigenvalue weighted by atomic mass is 9.99. The monoisotopic (exact) mass is 767 g/mol. The second kappa shape index (κ2) is 27.3. The molecule has 0 amide bonds. The van der Waals surface area contributed by atoms with E-state index in [1.807, 2.05) is 18.2 Å². The normalized spacial score (nSPS) is 13.7. The summed E-state index contributed by atoms with van der Waals surface area (Å²) >= 11 is 0. The Hall–Kier alpha value is -3.26. The van der Waals surface area contributed by atoms with E-state index in [4.69, 9.17) is 29.0 Å². The Labute approximate surface area is 323 Å². The van der Waals surface area contributed by atoms with Crippen molar-refractivity contribution in [3.8, 4) is 12.1 Å². The predicted molar refractivity (Wildman–Crippen MR) is 210 cm³/mol. The minimum atomic E-state index is -2.36. The fourth-order valence-corrected chi connectivity index (χ4v) is 6.86. The van der Waals surface area contributed by atoms with Crippen molar-refractivity contribution in [2.45, 2.75) is 141 Å². The quantitative estimate of drug-likeness (QED) is 0.0457. The summed E-state index contributed by atoms with van der Waals surface area (Å²) in [6, 6.07) is 13.1. The lowest BCUT2D eigenvalue weighted by Crippen LogP contribution is -2.35. The third kappa shape index (κ3) is 17.5. The summed E-state index contributed by atoms with van der Waals surface area (Å²) in [5.41, 5.74) is 7.02. The number of unbranched alkanes of at least 4 members (excludes halogenated alkanes) is 15. The van der Waals surface area contributed by atoms with E-state index in [1.165, 1.54) is 103 Å². The SMILES string of the molecule is CCCCCCCCCCCCCCCCCCOCC(COP(O)OCC(C#N)(CCc1ccc2c(N)ncnn12)OC)OCc1cccc(C#N)n1. The van der Waals surface area contributed by atoms with Gasteiger partial charge < -0.3 is 33.9 Å². The lowest BCUT2D eigenvalue weighted by molar-refractivity contribution is -0.0518. The number of nitrogens with two attached hydrogens (primary N) is 1. The van der Waals surface area contributed by atoms with Gasteiger partial charge >= 0.3 is 8.60 Å². The molecular weight excluding hydrogens is 705 g/mol. The van der Waals surface area contributed by atoms with Crippen molar-refractivity contribution < 1.29 is 28.2 Å². The third-order valence-corrected chi connectivity index (χ3v) is 10.3. The van der Waals surface area contributed by atoms with Crippen LogP contribution in [-0.4, -0.2) is 69.7 Å². The van der Waals surface area contributed by atoms with Gasteiger partial charge in [0.15, 0.2) is 11.4 Å². The summed E-state index contributed by atoms with van der Waals surface area (Å²) in [5, 5.41) is 23.5. The van der Waals surface area contributed by atoms with Gasteiger partial charge in [-0.05, 0) is 43.5 Å². The number of nitrogen functional groups attached to an aromatic ring is 1. The predicted octanol–water partition coefficient (Wildman–Crippen LogP) is 8.54. The molecule has 0 radical (unpaired) electrons. The highest BCUT2D eigenvalue weighted by atomic mass is 31.2. The molecule has 54 heavy (non-hydrogen) atoms. The zero-order chi connectivity index (χ0) is 38.7. The third-order valence-electron chi connectivity index (χ3n) is 9.55. The molecule has 0 aliphatic carbocycles. The Morgan fingerprint density at radius 3 is 2.19 bits per heavy atom. The molecule has 0 aromatic carbocycles. The van der Waals surface area contributed by atoms with Crippen LogP contribution < -0.4 is 5.73 Å². The average molecular weight is 768 g/mol. The standard InChI is InChI=1S/C40H62N7O6P/c1-3-4-5-6-7-8-9-10-11-12-13-14-15-16-17-18-26-50-29-37(51-28-35-21-19-20-34(27-41)46-35)30-52-54(48)53-32-40(31-42,49-2)25-24-36-22-23-38-39(43)44-33-45-47(36)38/h19-23,33,37,48H,3-18,24-26,28-30,32H2,1-2H3,(H2,43,44,45). The first kappa shape index (κ1) is 45.1. The van der Waals surface area contributed by atoms with E-state index in [0.717, 1.165) is 18.5 Å². The van der Waals surface area contributed by atoms with Crippen molar-refractivity contribution in [3.63, 3.8) is 0 Å². The van der Waals surface area contributed by atoms with E-state index < -0.39 is 20.3 Å². The van der Waals surface area contributed by atoms with Gasteiger partial charge in [-0.25, -0.2) is 14.5 Å². The molecule has 3 aromatic rings.